The van der Waals surface area contributed by atoms with Crippen molar-refractivity contribution >= 4 is 40.6 Å². The molecular formula is C17H21ClN4S. The molecule has 0 saturated heterocycles. The fourth-order valence-corrected chi connectivity index (χ4v) is 2.61. The lowest BCUT2D eigenvalue weighted by Gasteiger charge is -2.21. The highest BCUT2D eigenvalue weighted by Gasteiger charge is 2.20. The number of anilines is 1. The molecule has 0 aromatic heterocycles. The zero-order chi connectivity index (χ0) is 16.5. The topological polar surface area (TPSA) is 39.7 Å². The Balaban J connectivity index is 1.85. The van der Waals surface area contributed by atoms with Gasteiger partial charge in [0.05, 0.1) is 6.54 Å². The van der Waals surface area contributed by atoms with Gasteiger partial charge in [-0.2, -0.15) is 0 Å². The molecule has 6 heteroatoms. The predicted molar refractivity (Wildman–Crippen MR) is 103 cm³/mol. The lowest BCUT2D eigenvalue weighted by molar-refractivity contribution is 0.659. The summed E-state index contributed by atoms with van der Waals surface area (Å²) in [7, 11) is 0. The summed E-state index contributed by atoms with van der Waals surface area (Å²) in [6.07, 6.45) is 9.09. The van der Waals surface area contributed by atoms with Crippen LogP contribution in [-0.4, -0.2) is 29.1 Å². The Morgan fingerprint density at radius 2 is 2.30 bits per heavy atom. The van der Waals surface area contributed by atoms with E-state index in [1.165, 1.54) is 0 Å². The van der Waals surface area contributed by atoms with E-state index < -0.39 is 0 Å². The van der Waals surface area contributed by atoms with Crippen molar-refractivity contribution in [1.29, 1.82) is 0 Å². The van der Waals surface area contributed by atoms with Gasteiger partial charge in [0.1, 0.15) is 0 Å². The molecule has 1 aliphatic heterocycles. The molecule has 2 N–H and O–H groups in total. The van der Waals surface area contributed by atoms with Crippen LogP contribution in [0.3, 0.4) is 0 Å². The second-order valence-electron chi connectivity index (χ2n) is 5.06. The van der Waals surface area contributed by atoms with E-state index in [1.54, 1.807) is 0 Å². The van der Waals surface area contributed by atoms with Gasteiger partial charge in [0, 0.05) is 17.3 Å². The first-order valence-corrected chi connectivity index (χ1v) is 8.40. The second-order valence-corrected chi connectivity index (χ2v) is 5.89. The highest BCUT2D eigenvalue weighted by Crippen LogP contribution is 2.16. The number of hydrogen-bond acceptors (Lipinski definition) is 3. The second kappa shape index (κ2) is 9.33. The van der Waals surface area contributed by atoms with E-state index in [9.17, 15) is 0 Å². The molecule has 0 aliphatic carbocycles. The molecule has 2 rings (SSSR count). The Hall–Kier alpha value is -1.85. The van der Waals surface area contributed by atoms with Gasteiger partial charge >= 0.3 is 0 Å². The molecule has 122 valence electrons. The number of unbranched alkanes of at least 4 members (excludes halogenated alkanes) is 2. The first kappa shape index (κ1) is 17.5. The molecule has 0 radical (unpaired) electrons. The molecule has 0 bridgehead atoms. The minimum Gasteiger partial charge on any atom is -0.333 e. The maximum Gasteiger partial charge on any atom is 0.204 e. The van der Waals surface area contributed by atoms with Gasteiger partial charge in [-0.25, -0.2) is 0 Å². The van der Waals surface area contributed by atoms with Crippen molar-refractivity contribution < 1.29 is 0 Å². The molecule has 0 spiro atoms. The SMILES string of the molecule is C=CCCCC=CNC1=NCCN1C(=S)Nc1cccc(Cl)c1. The third-order valence-corrected chi connectivity index (χ3v) is 3.83. The van der Waals surface area contributed by atoms with Gasteiger partial charge in [-0.15, -0.1) is 6.58 Å². The molecule has 0 unspecified atom stereocenters. The number of aliphatic imine (C=N–C) groups is 1. The van der Waals surface area contributed by atoms with E-state index >= 15 is 0 Å². The third-order valence-electron chi connectivity index (χ3n) is 3.27. The Morgan fingerprint density at radius 3 is 3.09 bits per heavy atom. The lowest BCUT2D eigenvalue weighted by atomic mass is 10.2. The minimum atomic E-state index is 0.607. The van der Waals surface area contributed by atoms with Gasteiger partial charge in [0.25, 0.3) is 0 Å². The molecule has 0 saturated carbocycles. The zero-order valence-corrected chi connectivity index (χ0v) is 14.5. The molecule has 0 amide bonds. The summed E-state index contributed by atoms with van der Waals surface area (Å²) in [6, 6.07) is 7.49. The van der Waals surface area contributed by atoms with Crippen LogP contribution in [-0.2, 0) is 0 Å². The monoisotopic (exact) mass is 348 g/mol. The quantitative estimate of drug-likeness (QED) is 0.460. The Kier molecular flexibility index (Phi) is 7.10. The van der Waals surface area contributed by atoms with E-state index in [0.29, 0.717) is 10.1 Å². The van der Waals surface area contributed by atoms with Gasteiger partial charge in [-0.3, -0.25) is 9.89 Å². The molecule has 4 nitrogen and oxygen atoms in total. The summed E-state index contributed by atoms with van der Waals surface area (Å²) >= 11 is 11.5. The van der Waals surface area contributed by atoms with Crippen molar-refractivity contribution in [2.75, 3.05) is 18.4 Å². The van der Waals surface area contributed by atoms with Crippen LogP contribution in [0.2, 0.25) is 5.02 Å². The maximum absolute atomic E-state index is 5.99. The highest BCUT2D eigenvalue weighted by atomic mass is 35.5. The molecule has 0 fully saturated rings. The molecule has 1 aliphatic rings. The van der Waals surface area contributed by atoms with Crippen LogP contribution in [0.5, 0.6) is 0 Å². The number of hydrogen-bond donors (Lipinski definition) is 2. The normalized spacial score (nSPS) is 14.0. The fraction of sp³-hybridized carbons (Fsp3) is 0.294. The van der Waals surface area contributed by atoms with Crippen LogP contribution in [0.1, 0.15) is 19.3 Å². The largest absolute Gasteiger partial charge is 0.333 e. The summed E-state index contributed by atoms with van der Waals surface area (Å²) in [5, 5.41) is 7.67. The van der Waals surface area contributed by atoms with Crippen molar-refractivity contribution in [3.63, 3.8) is 0 Å². The van der Waals surface area contributed by atoms with Gasteiger partial charge < -0.3 is 10.6 Å². The number of rotatable bonds is 6. The number of allylic oxidation sites excluding steroid dienone is 2. The van der Waals surface area contributed by atoms with Crippen molar-refractivity contribution in [2.45, 2.75) is 19.3 Å². The summed E-state index contributed by atoms with van der Waals surface area (Å²) in [6.45, 7) is 5.20. The van der Waals surface area contributed by atoms with Crippen LogP contribution < -0.4 is 10.6 Å². The van der Waals surface area contributed by atoms with Gasteiger partial charge in [-0.05, 0) is 55.9 Å². The summed E-state index contributed by atoms with van der Waals surface area (Å²) in [5.41, 5.74) is 0.869. The van der Waals surface area contributed by atoms with Crippen LogP contribution >= 0.6 is 23.8 Å². The summed E-state index contributed by atoms with van der Waals surface area (Å²) in [4.78, 5) is 6.39. The minimum absolute atomic E-state index is 0.607. The Labute approximate surface area is 147 Å². The van der Waals surface area contributed by atoms with Crippen LogP contribution in [0.4, 0.5) is 5.69 Å². The van der Waals surface area contributed by atoms with Crippen molar-refractivity contribution in [3.8, 4) is 0 Å². The van der Waals surface area contributed by atoms with Crippen LogP contribution in [0.25, 0.3) is 0 Å². The zero-order valence-electron chi connectivity index (χ0n) is 13.0. The van der Waals surface area contributed by atoms with Gasteiger partial charge in [0.15, 0.2) is 5.11 Å². The first-order valence-electron chi connectivity index (χ1n) is 7.61. The van der Waals surface area contributed by atoms with E-state index in [-0.39, 0.29) is 0 Å². The number of halogens is 1. The van der Waals surface area contributed by atoms with E-state index in [1.807, 2.05) is 41.4 Å². The average Bonchev–Trinajstić information content (AvgIpc) is 2.99. The van der Waals surface area contributed by atoms with Crippen LogP contribution in [0, 0.1) is 0 Å². The van der Waals surface area contributed by atoms with Crippen molar-refractivity contribution in [3.05, 3.63) is 54.2 Å². The van der Waals surface area contributed by atoms with E-state index in [0.717, 1.165) is 44.0 Å². The van der Waals surface area contributed by atoms with E-state index in [2.05, 4.69) is 28.3 Å². The molecular weight excluding hydrogens is 328 g/mol. The molecule has 1 aromatic carbocycles. The highest BCUT2D eigenvalue weighted by molar-refractivity contribution is 7.80. The number of benzene rings is 1. The smallest absolute Gasteiger partial charge is 0.204 e. The predicted octanol–water partition coefficient (Wildman–Crippen LogP) is 4.17. The Bertz CT molecular complexity index is 612. The summed E-state index contributed by atoms with van der Waals surface area (Å²) in [5.74, 6) is 0.768. The molecule has 0 atom stereocenters. The molecule has 1 heterocycles. The first-order chi connectivity index (χ1) is 11.2. The number of guanidine groups is 1. The fourth-order valence-electron chi connectivity index (χ4n) is 2.12. The number of nitrogens with zero attached hydrogens (tertiary/aromatic N) is 2. The maximum atomic E-state index is 5.99. The summed E-state index contributed by atoms with van der Waals surface area (Å²) < 4.78 is 0. The number of nitrogens with one attached hydrogen (secondary N) is 2. The lowest BCUT2D eigenvalue weighted by Crippen LogP contribution is -2.42. The average molecular weight is 349 g/mol. The van der Waals surface area contributed by atoms with Crippen LogP contribution in [0.15, 0.2) is 54.2 Å². The number of thiocarbonyl (C=S) groups is 1. The van der Waals surface area contributed by atoms with Gasteiger partial charge in [-0.1, -0.05) is 29.8 Å². The third kappa shape index (κ3) is 5.69. The van der Waals surface area contributed by atoms with Crippen molar-refractivity contribution in [2.24, 2.45) is 4.99 Å². The molecule has 23 heavy (non-hydrogen) atoms. The Morgan fingerprint density at radius 1 is 1.43 bits per heavy atom. The van der Waals surface area contributed by atoms with E-state index in [4.69, 9.17) is 23.8 Å². The standard InChI is InChI=1S/C17H21ClN4S/c1-2-3-4-5-6-10-19-16-20-11-12-22(16)17(23)21-15-9-7-8-14(18)13-15/h2,6-10,13H,1,3-5,11-12H2,(H,19,20)(H,21,23). The molecule has 1 aromatic rings. The van der Waals surface area contributed by atoms with Crippen molar-refractivity contribution in [1.82, 2.24) is 10.2 Å². The van der Waals surface area contributed by atoms with Gasteiger partial charge in [0.2, 0.25) is 5.96 Å².